The topological polar surface area (TPSA) is 48.9 Å². The minimum atomic E-state index is 0.00692. The molecule has 2 N–H and O–H groups in total. The van der Waals surface area contributed by atoms with Crippen LogP contribution in [0.3, 0.4) is 0 Å². The summed E-state index contributed by atoms with van der Waals surface area (Å²) in [5.74, 6) is 0.847. The normalized spacial score (nSPS) is 17.3. The summed E-state index contributed by atoms with van der Waals surface area (Å²) in [5, 5.41) is 7.00. The molecule has 1 aliphatic heterocycles. The lowest BCUT2D eigenvalue weighted by Gasteiger charge is -2.33. The molecule has 0 amide bonds. The Morgan fingerprint density at radius 3 is 2.32 bits per heavy atom. The van der Waals surface area contributed by atoms with E-state index in [1.807, 2.05) is 25.2 Å². The number of hydrogen-bond acceptors (Lipinski definition) is 3. The van der Waals surface area contributed by atoms with Gasteiger partial charge in [-0.15, -0.1) is 0 Å². The molecule has 0 spiro atoms. The zero-order valence-corrected chi connectivity index (χ0v) is 17.0. The number of nitrogens with zero attached hydrogens (tertiary/aromatic N) is 2. The van der Waals surface area contributed by atoms with Crippen molar-refractivity contribution >= 4 is 5.96 Å². The number of aliphatic imine (C=N–C) groups is 1. The smallest absolute Gasteiger partial charge is 0.191 e. The van der Waals surface area contributed by atoms with E-state index in [1.165, 1.54) is 11.1 Å². The Bertz CT molecular complexity index is 712. The number of piperidine rings is 1. The van der Waals surface area contributed by atoms with E-state index in [0.29, 0.717) is 12.6 Å². The van der Waals surface area contributed by atoms with E-state index < -0.39 is 0 Å². The van der Waals surface area contributed by atoms with E-state index >= 15 is 0 Å². The third-order valence-electron chi connectivity index (χ3n) is 5.31. The highest BCUT2D eigenvalue weighted by Gasteiger charge is 2.20. The number of methoxy groups -OCH3 is 1. The minimum absolute atomic E-state index is 0.00692. The van der Waals surface area contributed by atoms with Gasteiger partial charge in [-0.3, -0.25) is 9.89 Å². The van der Waals surface area contributed by atoms with Crippen LogP contribution in [0.15, 0.2) is 65.7 Å². The van der Waals surface area contributed by atoms with Gasteiger partial charge in [0.1, 0.15) is 0 Å². The SMILES string of the molecule is CN=C(NCC(OC)c1ccccc1)NC1CCN(Cc2ccccc2)CC1. The number of nitrogens with one attached hydrogen (secondary N) is 2. The molecular formula is C23H32N4O. The first-order valence-electron chi connectivity index (χ1n) is 10.1. The zero-order valence-electron chi connectivity index (χ0n) is 17.0. The van der Waals surface area contributed by atoms with Crippen LogP contribution in [-0.4, -0.2) is 50.7 Å². The van der Waals surface area contributed by atoms with Crippen LogP contribution >= 0.6 is 0 Å². The molecule has 0 aromatic heterocycles. The number of ether oxygens (including phenoxy) is 1. The van der Waals surface area contributed by atoms with Gasteiger partial charge < -0.3 is 15.4 Å². The fourth-order valence-electron chi connectivity index (χ4n) is 3.66. The molecule has 5 nitrogen and oxygen atoms in total. The second-order valence-electron chi connectivity index (χ2n) is 7.27. The Kier molecular flexibility index (Phi) is 7.88. The van der Waals surface area contributed by atoms with Crippen molar-refractivity contribution in [2.24, 2.45) is 4.99 Å². The number of hydrogen-bond donors (Lipinski definition) is 2. The maximum absolute atomic E-state index is 5.64. The van der Waals surface area contributed by atoms with Gasteiger partial charge in [-0.05, 0) is 24.0 Å². The number of benzene rings is 2. The first kappa shape index (κ1) is 20.4. The van der Waals surface area contributed by atoms with Crippen LogP contribution in [0.5, 0.6) is 0 Å². The van der Waals surface area contributed by atoms with E-state index in [-0.39, 0.29) is 6.10 Å². The summed E-state index contributed by atoms with van der Waals surface area (Å²) in [6.07, 6.45) is 2.26. The van der Waals surface area contributed by atoms with Crippen molar-refractivity contribution < 1.29 is 4.74 Å². The minimum Gasteiger partial charge on any atom is -0.375 e. The van der Waals surface area contributed by atoms with Crippen LogP contribution in [0, 0.1) is 0 Å². The predicted molar refractivity (Wildman–Crippen MR) is 115 cm³/mol. The van der Waals surface area contributed by atoms with Gasteiger partial charge in [-0.2, -0.15) is 0 Å². The quantitative estimate of drug-likeness (QED) is 0.572. The molecule has 0 aliphatic carbocycles. The van der Waals surface area contributed by atoms with Gasteiger partial charge in [-0.25, -0.2) is 0 Å². The second-order valence-corrected chi connectivity index (χ2v) is 7.27. The standard InChI is InChI=1S/C23H32N4O/c1-24-23(25-17-22(28-2)20-11-7-4-8-12-20)26-21-13-15-27(16-14-21)18-19-9-5-3-6-10-19/h3-12,21-22H,13-18H2,1-2H3,(H2,24,25,26). The molecule has 1 heterocycles. The fraction of sp³-hybridized carbons (Fsp3) is 0.435. The Hall–Kier alpha value is -2.37. The number of guanidine groups is 1. The first-order valence-corrected chi connectivity index (χ1v) is 10.1. The molecule has 0 radical (unpaired) electrons. The highest BCUT2D eigenvalue weighted by Crippen LogP contribution is 2.16. The molecule has 1 atom stereocenters. The Labute approximate surface area is 168 Å². The molecule has 1 saturated heterocycles. The Morgan fingerprint density at radius 2 is 1.71 bits per heavy atom. The number of rotatable bonds is 7. The highest BCUT2D eigenvalue weighted by molar-refractivity contribution is 5.80. The largest absolute Gasteiger partial charge is 0.375 e. The zero-order chi connectivity index (χ0) is 19.6. The summed E-state index contributed by atoms with van der Waals surface area (Å²) in [6.45, 7) is 3.93. The fourth-order valence-corrected chi connectivity index (χ4v) is 3.66. The van der Waals surface area contributed by atoms with Crippen molar-refractivity contribution in [2.75, 3.05) is 33.8 Å². The molecule has 5 heteroatoms. The van der Waals surface area contributed by atoms with E-state index in [0.717, 1.165) is 38.4 Å². The van der Waals surface area contributed by atoms with Crippen molar-refractivity contribution in [1.82, 2.24) is 15.5 Å². The molecule has 2 aromatic carbocycles. The average Bonchev–Trinajstić information content (AvgIpc) is 2.76. The molecule has 0 saturated carbocycles. The number of likely N-dealkylation sites (tertiary alicyclic amines) is 1. The lowest BCUT2D eigenvalue weighted by Crippen LogP contribution is -2.49. The highest BCUT2D eigenvalue weighted by atomic mass is 16.5. The lowest BCUT2D eigenvalue weighted by atomic mass is 10.0. The van der Waals surface area contributed by atoms with Crippen molar-refractivity contribution in [3.8, 4) is 0 Å². The molecular weight excluding hydrogens is 348 g/mol. The molecule has 1 unspecified atom stereocenters. The van der Waals surface area contributed by atoms with Crippen LogP contribution in [-0.2, 0) is 11.3 Å². The summed E-state index contributed by atoms with van der Waals surface area (Å²) < 4.78 is 5.64. The predicted octanol–water partition coefficient (Wildman–Crippen LogP) is 3.20. The van der Waals surface area contributed by atoms with Gasteiger partial charge in [0.15, 0.2) is 5.96 Å². The van der Waals surface area contributed by atoms with Gasteiger partial charge in [0.05, 0.1) is 6.10 Å². The van der Waals surface area contributed by atoms with Crippen LogP contribution in [0.25, 0.3) is 0 Å². The van der Waals surface area contributed by atoms with E-state index in [2.05, 4.69) is 63.0 Å². The van der Waals surface area contributed by atoms with Gasteiger partial charge in [0, 0.05) is 46.4 Å². The molecule has 1 aliphatic rings. The molecule has 150 valence electrons. The summed E-state index contributed by atoms with van der Waals surface area (Å²) >= 11 is 0. The van der Waals surface area contributed by atoms with E-state index in [9.17, 15) is 0 Å². The summed E-state index contributed by atoms with van der Waals surface area (Å²) in [7, 11) is 3.57. The summed E-state index contributed by atoms with van der Waals surface area (Å²) in [6, 6.07) is 21.4. The molecule has 2 aromatic rings. The first-order chi connectivity index (χ1) is 13.8. The maximum Gasteiger partial charge on any atom is 0.191 e. The van der Waals surface area contributed by atoms with Crippen LogP contribution in [0.4, 0.5) is 0 Å². The Morgan fingerprint density at radius 1 is 1.07 bits per heavy atom. The van der Waals surface area contributed by atoms with Crippen molar-refractivity contribution in [3.05, 3.63) is 71.8 Å². The average molecular weight is 381 g/mol. The third kappa shape index (κ3) is 6.08. The van der Waals surface area contributed by atoms with E-state index in [4.69, 9.17) is 4.74 Å². The summed E-state index contributed by atoms with van der Waals surface area (Å²) in [4.78, 5) is 6.92. The molecule has 1 fully saturated rings. The Balaban J connectivity index is 1.43. The molecule has 28 heavy (non-hydrogen) atoms. The van der Waals surface area contributed by atoms with Crippen LogP contribution in [0.1, 0.15) is 30.1 Å². The second kappa shape index (κ2) is 10.8. The van der Waals surface area contributed by atoms with Crippen molar-refractivity contribution in [1.29, 1.82) is 0 Å². The van der Waals surface area contributed by atoms with Gasteiger partial charge in [0.2, 0.25) is 0 Å². The van der Waals surface area contributed by atoms with Crippen LogP contribution < -0.4 is 10.6 Å². The van der Waals surface area contributed by atoms with E-state index in [1.54, 1.807) is 7.11 Å². The van der Waals surface area contributed by atoms with Crippen molar-refractivity contribution in [2.45, 2.75) is 31.5 Å². The van der Waals surface area contributed by atoms with Crippen molar-refractivity contribution in [3.63, 3.8) is 0 Å². The maximum atomic E-state index is 5.64. The van der Waals surface area contributed by atoms with Gasteiger partial charge in [-0.1, -0.05) is 60.7 Å². The third-order valence-corrected chi connectivity index (χ3v) is 5.31. The van der Waals surface area contributed by atoms with Crippen LogP contribution in [0.2, 0.25) is 0 Å². The summed E-state index contributed by atoms with van der Waals surface area (Å²) in [5.41, 5.74) is 2.56. The molecule has 3 rings (SSSR count). The monoisotopic (exact) mass is 380 g/mol. The van der Waals surface area contributed by atoms with Gasteiger partial charge in [0.25, 0.3) is 0 Å². The lowest BCUT2D eigenvalue weighted by molar-refractivity contribution is 0.106. The molecule has 0 bridgehead atoms. The van der Waals surface area contributed by atoms with Gasteiger partial charge >= 0.3 is 0 Å².